The highest BCUT2D eigenvalue weighted by Crippen LogP contribution is 2.32. The Labute approximate surface area is 155 Å². The zero-order chi connectivity index (χ0) is 18.1. The van der Waals surface area contributed by atoms with Crippen LogP contribution in [0.2, 0.25) is 0 Å². The number of hydrogen-bond acceptors (Lipinski definition) is 4. The zero-order valence-corrected chi connectivity index (χ0v) is 14.9. The SMILES string of the molecule is FC(F)(F)c1ccc(CSc2nnc3scc(-c4ccccc4)n23)cc1. The molecule has 0 amide bonds. The molecule has 0 fully saturated rings. The van der Waals surface area contributed by atoms with Crippen LogP contribution in [0.5, 0.6) is 0 Å². The Kier molecular flexibility index (Phi) is 4.46. The van der Waals surface area contributed by atoms with Crippen LogP contribution < -0.4 is 0 Å². The number of thioether (sulfide) groups is 1. The predicted molar refractivity (Wildman–Crippen MR) is 97.3 cm³/mol. The van der Waals surface area contributed by atoms with E-state index in [1.54, 1.807) is 0 Å². The van der Waals surface area contributed by atoms with Crippen LogP contribution in [-0.4, -0.2) is 14.6 Å². The van der Waals surface area contributed by atoms with Crippen LogP contribution in [0.1, 0.15) is 11.1 Å². The van der Waals surface area contributed by atoms with Crippen molar-refractivity contribution in [2.75, 3.05) is 0 Å². The van der Waals surface area contributed by atoms with Gasteiger partial charge in [0.1, 0.15) is 0 Å². The molecule has 0 aliphatic carbocycles. The van der Waals surface area contributed by atoms with Crippen molar-refractivity contribution in [1.82, 2.24) is 14.6 Å². The third-order valence-electron chi connectivity index (χ3n) is 3.84. The highest BCUT2D eigenvalue weighted by Gasteiger charge is 2.29. The number of rotatable bonds is 4. The summed E-state index contributed by atoms with van der Waals surface area (Å²) in [5.41, 5.74) is 2.23. The van der Waals surface area contributed by atoms with Crippen LogP contribution in [0.3, 0.4) is 0 Å². The largest absolute Gasteiger partial charge is 0.416 e. The lowest BCUT2D eigenvalue weighted by Gasteiger charge is -2.07. The first kappa shape index (κ1) is 17.1. The molecule has 0 N–H and O–H groups in total. The van der Waals surface area contributed by atoms with E-state index in [9.17, 15) is 13.2 Å². The summed E-state index contributed by atoms with van der Waals surface area (Å²) in [4.78, 5) is 0.791. The number of thiazole rings is 1. The number of fused-ring (bicyclic) bond motifs is 1. The van der Waals surface area contributed by atoms with Gasteiger partial charge < -0.3 is 0 Å². The fourth-order valence-corrected chi connectivity index (χ4v) is 4.33. The van der Waals surface area contributed by atoms with Gasteiger partial charge in [-0.3, -0.25) is 4.40 Å². The summed E-state index contributed by atoms with van der Waals surface area (Å²) in [5.74, 6) is 0.517. The Morgan fingerprint density at radius 3 is 2.38 bits per heavy atom. The predicted octanol–water partition coefficient (Wildman–Crippen LogP) is 5.77. The van der Waals surface area contributed by atoms with Gasteiger partial charge in [-0.15, -0.1) is 21.5 Å². The molecule has 0 saturated carbocycles. The second-order valence-electron chi connectivity index (χ2n) is 5.57. The average molecular weight is 391 g/mol. The fourth-order valence-electron chi connectivity index (χ4n) is 2.54. The van der Waals surface area contributed by atoms with E-state index in [1.807, 2.05) is 40.1 Å². The lowest BCUT2D eigenvalue weighted by molar-refractivity contribution is -0.137. The Hall–Kier alpha value is -2.32. The second-order valence-corrected chi connectivity index (χ2v) is 7.35. The minimum atomic E-state index is -4.31. The van der Waals surface area contributed by atoms with Gasteiger partial charge in [0, 0.05) is 11.1 Å². The molecule has 4 aromatic rings. The van der Waals surface area contributed by atoms with Crippen molar-refractivity contribution in [3.05, 3.63) is 71.1 Å². The maximum absolute atomic E-state index is 12.6. The van der Waals surface area contributed by atoms with Crippen LogP contribution in [0.4, 0.5) is 13.2 Å². The molecule has 0 spiro atoms. The molecule has 0 aliphatic heterocycles. The standard InChI is InChI=1S/C18H12F3N3S2/c19-18(20,21)14-8-6-12(7-9-14)10-25-16-22-23-17-24(16)15(11-26-17)13-4-2-1-3-5-13/h1-9,11H,10H2. The van der Waals surface area contributed by atoms with Crippen molar-refractivity contribution < 1.29 is 13.2 Å². The van der Waals surface area contributed by atoms with Crippen LogP contribution in [0, 0.1) is 0 Å². The van der Waals surface area contributed by atoms with Crippen molar-refractivity contribution in [3.63, 3.8) is 0 Å². The van der Waals surface area contributed by atoms with E-state index in [1.165, 1.54) is 35.2 Å². The van der Waals surface area contributed by atoms with E-state index < -0.39 is 11.7 Å². The van der Waals surface area contributed by atoms with E-state index >= 15 is 0 Å². The Morgan fingerprint density at radius 1 is 0.962 bits per heavy atom. The summed E-state index contributed by atoms with van der Waals surface area (Å²) in [6.45, 7) is 0. The van der Waals surface area contributed by atoms with Crippen molar-refractivity contribution in [2.45, 2.75) is 17.1 Å². The number of halogens is 3. The number of alkyl halides is 3. The minimum Gasteiger partial charge on any atom is -0.260 e. The summed E-state index contributed by atoms with van der Waals surface area (Å²) >= 11 is 2.96. The molecule has 4 rings (SSSR count). The van der Waals surface area contributed by atoms with E-state index in [0.29, 0.717) is 5.75 Å². The maximum Gasteiger partial charge on any atom is 0.416 e. The van der Waals surface area contributed by atoms with Crippen LogP contribution in [-0.2, 0) is 11.9 Å². The monoisotopic (exact) mass is 391 g/mol. The van der Waals surface area contributed by atoms with E-state index in [0.717, 1.165) is 39.1 Å². The first-order chi connectivity index (χ1) is 12.5. The number of hydrogen-bond donors (Lipinski definition) is 0. The number of aromatic nitrogens is 3. The van der Waals surface area contributed by atoms with Gasteiger partial charge in [-0.1, -0.05) is 54.2 Å². The van der Waals surface area contributed by atoms with E-state index in [2.05, 4.69) is 10.2 Å². The zero-order valence-electron chi connectivity index (χ0n) is 13.3. The molecule has 0 unspecified atom stereocenters. The number of nitrogens with zero attached hydrogens (tertiary/aromatic N) is 3. The van der Waals surface area contributed by atoms with E-state index in [-0.39, 0.29) is 0 Å². The summed E-state index contributed by atoms with van der Waals surface area (Å²) in [6, 6.07) is 15.2. The molecule has 26 heavy (non-hydrogen) atoms. The Balaban J connectivity index is 1.57. The second kappa shape index (κ2) is 6.77. The molecular weight excluding hydrogens is 379 g/mol. The maximum atomic E-state index is 12.6. The van der Waals surface area contributed by atoms with Gasteiger partial charge >= 0.3 is 6.18 Å². The Morgan fingerprint density at radius 2 is 1.69 bits per heavy atom. The topological polar surface area (TPSA) is 30.2 Å². The van der Waals surface area contributed by atoms with Gasteiger partial charge in [0.25, 0.3) is 0 Å². The Bertz CT molecular complexity index is 1020. The van der Waals surface area contributed by atoms with Crippen molar-refractivity contribution in [2.24, 2.45) is 0 Å². The van der Waals surface area contributed by atoms with Gasteiger partial charge in [0.2, 0.25) is 4.96 Å². The molecule has 2 heterocycles. The van der Waals surface area contributed by atoms with Gasteiger partial charge in [-0.05, 0) is 23.3 Å². The average Bonchev–Trinajstić information content (AvgIpc) is 3.22. The smallest absolute Gasteiger partial charge is 0.260 e. The first-order valence-corrected chi connectivity index (χ1v) is 9.56. The molecule has 3 nitrogen and oxygen atoms in total. The highest BCUT2D eigenvalue weighted by molar-refractivity contribution is 7.98. The molecule has 0 saturated heterocycles. The molecule has 0 aliphatic rings. The molecule has 2 aromatic carbocycles. The lowest BCUT2D eigenvalue weighted by atomic mass is 10.1. The molecule has 2 aromatic heterocycles. The highest BCUT2D eigenvalue weighted by atomic mass is 32.2. The third-order valence-corrected chi connectivity index (χ3v) is 5.66. The van der Waals surface area contributed by atoms with Gasteiger partial charge in [-0.2, -0.15) is 13.2 Å². The van der Waals surface area contributed by atoms with Gasteiger partial charge in [0.15, 0.2) is 5.16 Å². The van der Waals surface area contributed by atoms with Crippen molar-refractivity contribution >= 4 is 28.1 Å². The van der Waals surface area contributed by atoms with Gasteiger partial charge in [-0.25, -0.2) is 0 Å². The number of benzene rings is 2. The normalized spacial score (nSPS) is 12.0. The summed E-state index contributed by atoms with van der Waals surface area (Å²) in [7, 11) is 0. The molecule has 8 heteroatoms. The van der Waals surface area contributed by atoms with Crippen LogP contribution in [0.25, 0.3) is 16.2 Å². The van der Waals surface area contributed by atoms with E-state index in [4.69, 9.17) is 0 Å². The molecule has 132 valence electrons. The van der Waals surface area contributed by atoms with Crippen LogP contribution >= 0.6 is 23.1 Å². The molecule has 0 atom stereocenters. The van der Waals surface area contributed by atoms with Crippen molar-refractivity contribution in [1.29, 1.82) is 0 Å². The van der Waals surface area contributed by atoms with Gasteiger partial charge in [0.05, 0.1) is 11.3 Å². The van der Waals surface area contributed by atoms with Crippen molar-refractivity contribution in [3.8, 4) is 11.3 Å². The summed E-state index contributed by atoms with van der Waals surface area (Å²) in [5, 5.41) is 11.2. The minimum absolute atomic E-state index is 0.517. The third kappa shape index (κ3) is 3.34. The molecule has 0 radical (unpaired) electrons. The summed E-state index contributed by atoms with van der Waals surface area (Å²) in [6.07, 6.45) is -4.31. The lowest BCUT2D eigenvalue weighted by Crippen LogP contribution is -2.04. The molecular formula is C18H12F3N3S2. The first-order valence-electron chi connectivity index (χ1n) is 7.69. The molecule has 0 bridgehead atoms. The summed E-state index contributed by atoms with van der Waals surface area (Å²) < 4.78 is 39.9. The quantitative estimate of drug-likeness (QED) is 0.414. The van der Waals surface area contributed by atoms with Crippen LogP contribution in [0.15, 0.2) is 65.1 Å². The fraction of sp³-hybridized carbons (Fsp3) is 0.111.